The molecule has 12 heteroatoms. The highest BCUT2D eigenvalue weighted by Crippen LogP contribution is 2.35. The van der Waals surface area contributed by atoms with E-state index in [9.17, 15) is 23.1 Å². The number of sulfonamides is 1. The van der Waals surface area contributed by atoms with Gasteiger partial charge in [-0.1, -0.05) is 29.8 Å². The van der Waals surface area contributed by atoms with Crippen LogP contribution in [0, 0.1) is 19.7 Å². The lowest BCUT2D eigenvalue weighted by atomic mass is 10.1. The molecule has 0 aliphatic carbocycles. The van der Waals surface area contributed by atoms with Gasteiger partial charge in [-0.05, 0) is 43.0 Å². The van der Waals surface area contributed by atoms with Crippen LogP contribution in [-0.2, 0) is 21.4 Å². The van der Waals surface area contributed by atoms with Crippen LogP contribution >= 0.6 is 22.9 Å². The Balaban J connectivity index is 2.04. The Morgan fingerprint density at radius 1 is 1.23 bits per heavy atom. The minimum Gasteiger partial charge on any atom is -0.465 e. The normalized spacial score (nSPS) is 11.3. The molecular weight excluding hydrogens is 517 g/mol. The van der Waals surface area contributed by atoms with Gasteiger partial charge in [-0.2, -0.15) is 0 Å². The van der Waals surface area contributed by atoms with Crippen molar-refractivity contribution in [2.24, 2.45) is 0 Å². The van der Waals surface area contributed by atoms with Crippen LogP contribution in [-0.4, -0.2) is 37.4 Å². The molecule has 2 aromatic carbocycles. The van der Waals surface area contributed by atoms with Crippen LogP contribution < -0.4 is 9.21 Å². The van der Waals surface area contributed by atoms with E-state index in [1.54, 1.807) is 11.4 Å². The second kappa shape index (κ2) is 11.1. The number of aryl methyl sites for hydroxylation is 2. The third-order valence-corrected chi connectivity index (χ3v) is 8.29. The topological polar surface area (TPSA) is 108 Å². The number of hydrogen-bond acceptors (Lipinski definition) is 6. The molecule has 3 aromatic rings. The third-order valence-electron chi connectivity index (χ3n) is 5.32. The van der Waals surface area contributed by atoms with Gasteiger partial charge in [-0.3, -0.25) is 4.90 Å². The Morgan fingerprint density at radius 3 is 2.57 bits per heavy atom. The SMILES string of the molecule is Cc1ccc(CN(c2nccs2)S(=O)(=O)c2cc(Cl)c(N(CCCC=O)C(=O)O)cc2F)cc1C. The molecule has 1 N–H and O–H groups in total. The maximum absolute atomic E-state index is 15.2. The van der Waals surface area contributed by atoms with Crippen LogP contribution in [0.25, 0.3) is 0 Å². The summed E-state index contributed by atoms with van der Waals surface area (Å²) in [4.78, 5) is 26.4. The Labute approximate surface area is 211 Å². The molecule has 0 unspecified atom stereocenters. The van der Waals surface area contributed by atoms with Crippen LogP contribution in [0.15, 0.2) is 46.8 Å². The van der Waals surface area contributed by atoms with Crippen LogP contribution in [0.4, 0.5) is 20.0 Å². The molecule has 0 spiro atoms. The molecular formula is C23H23ClFN3O5S2. The average Bonchev–Trinajstić information content (AvgIpc) is 3.33. The van der Waals surface area contributed by atoms with E-state index in [1.807, 2.05) is 26.0 Å². The monoisotopic (exact) mass is 539 g/mol. The lowest BCUT2D eigenvalue weighted by Crippen LogP contribution is -2.32. The van der Waals surface area contributed by atoms with Crippen molar-refractivity contribution in [3.8, 4) is 0 Å². The van der Waals surface area contributed by atoms with Crippen molar-refractivity contribution in [3.63, 3.8) is 0 Å². The fourth-order valence-electron chi connectivity index (χ4n) is 3.36. The largest absolute Gasteiger partial charge is 0.465 e. The average molecular weight is 540 g/mol. The minimum atomic E-state index is -4.47. The summed E-state index contributed by atoms with van der Waals surface area (Å²) in [6, 6.07) is 7.18. The van der Waals surface area contributed by atoms with Gasteiger partial charge >= 0.3 is 6.09 Å². The third kappa shape index (κ3) is 5.98. The molecule has 0 aliphatic heterocycles. The summed E-state index contributed by atoms with van der Waals surface area (Å²) in [5.74, 6) is -1.16. The predicted octanol–water partition coefficient (Wildman–Crippen LogP) is 5.41. The van der Waals surface area contributed by atoms with Crippen molar-refractivity contribution >= 4 is 56.2 Å². The molecule has 1 aromatic heterocycles. The fourth-order valence-corrected chi connectivity index (χ4v) is 6.04. The van der Waals surface area contributed by atoms with Crippen molar-refractivity contribution < 1.29 is 27.5 Å². The van der Waals surface area contributed by atoms with E-state index in [2.05, 4.69) is 4.98 Å². The van der Waals surface area contributed by atoms with Crippen molar-refractivity contribution in [3.05, 3.63) is 69.4 Å². The molecule has 35 heavy (non-hydrogen) atoms. The fraction of sp³-hybridized carbons (Fsp3) is 0.261. The van der Waals surface area contributed by atoms with Gasteiger partial charge in [0, 0.05) is 30.6 Å². The van der Waals surface area contributed by atoms with E-state index in [0.29, 0.717) is 11.8 Å². The smallest absolute Gasteiger partial charge is 0.411 e. The van der Waals surface area contributed by atoms with Gasteiger partial charge in [0.15, 0.2) is 5.13 Å². The van der Waals surface area contributed by atoms with Crippen molar-refractivity contribution in [2.45, 2.75) is 38.1 Å². The zero-order valence-electron chi connectivity index (χ0n) is 18.9. The lowest BCUT2D eigenvalue weighted by molar-refractivity contribution is -0.107. The van der Waals surface area contributed by atoms with E-state index in [0.717, 1.165) is 43.8 Å². The summed E-state index contributed by atoms with van der Waals surface area (Å²) in [6.45, 7) is 3.63. The van der Waals surface area contributed by atoms with E-state index in [4.69, 9.17) is 11.6 Å². The number of nitrogens with zero attached hydrogens (tertiary/aromatic N) is 3. The zero-order chi connectivity index (χ0) is 25.8. The molecule has 0 saturated carbocycles. The van der Waals surface area contributed by atoms with Crippen molar-refractivity contribution in [1.29, 1.82) is 0 Å². The Hall–Kier alpha value is -3.02. The summed E-state index contributed by atoms with van der Waals surface area (Å²) in [6.07, 6.45) is 0.978. The molecule has 1 heterocycles. The predicted molar refractivity (Wildman–Crippen MR) is 133 cm³/mol. The molecule has 0 bridgehead atoms. The number of aldehydes is 1. The second-order valence-corrected chi connectivity index (χ2v) is 10.8. The highest BCUT2D eigenvalue weighted by molar-refractivity contribution is 7.93. The summed E-state index contributed by atoms with van der Waals surface area (Å²) in [7, 11) is -4.47. The summed E-state index contributed by atoms with van der Waals surface area (Å²) < 4.78 is 43.5. The highest BCUT2D eigenvalue weighted by atomic mass is 35.5. The lowest BCUT2D eigenvalue weighted by Gasteiger charge is -2.24. The number of thiazole rings is 1. The summed E-state index contributed by atoms with van der Waals surface area (Å²) >= 11 is 7.33. The second-order valence-electron chi connectivity index (χ2n) is 7.72. The molecule has 3 rings (SSSR count). The van der Waals surface area contributed by atoms with E-state index in [-0.39, 0.29) is 41.8 Å². The number of benzene rings is 2. The number of carbonyl (C=O) groups is 2. The summed E-state index contributed by atoms with van der Waals surface area (Å²) in [5, 5.41) is 11.0. The van der Waals surface area contributed by atoms with Gasteiger partial charge in [-0.25, -0.2) is 26.9 Å². The maximum atomic E-state index is 15.2. The first kappa shape index (κ1) is 26.6. The van der Waals surface area contributed by atoms with E-state index >= 15 is 4.39 Å². The van der Waals surface area contributed by atoms with Crippen molar-refractivity contribution in [1.82, 2.24) is 4.98 Å². The number of carbonyl (C=O) groups excluding carboxylic acids is 1. The van der Waals surface area contributed by atoms with Gasteiger partial charge in [0.2, 0.25) is 0 Å². The van der Waals surface area contributed by atoms with Gasteiger partial charge < -0.3 is 9.90 Å². The number of halogens is 2. The zero-order valence-corrected chi connectivity index (χ0v) is 21.3. The number of amides is 1. The van der Waals surface area contributed by atoms with Crippen molar-refractivity contribution in [2.75, 3.05) is 15.7 Å². The molecule has 0 fully saturated rings. The van der Waals surface area contributed by atoms with E-state index < -0.39 is 26.8 Å². The Morgan fingerprint density at radius 2 is 1.97 bits per heavy atom. The number of rotatable bonds is 10. The Bertz CT molecular complexity index is 1330. The van der Waals surface area contributed by atoms with Crippen LogP contribution in [0.1, 0.15) is 29.5 Å². The number of unbranched alkanes of at least 4 members (excludes halogenated alkanes) is 1. The molecule has 0 atom stereocenters. The first-order valence-electron chi connectivity index (χ1n) is 10.5. The van der Waals surface area contributed by atoms with Gasteiger partial charge in [-0.15, -0.1) is 11.3 Å². The standard InChI is InChI=1S/C23H23ClFN3O5S2/c1-15-5-6-17(11-16(15)2)14-28(22-26-7-10-34-22)35(32,33)21-12-18(24)20(13-19(21)25)27(23(30)31)8-3-4-9-29/h5-7,9-13H,3-4,8,14H2,1-2H3,(H,30,31). The molecule has 0 saturated heterocycles. The van der Waals surface area contributed by atoms with Crippen LogP contribution in [0.3, 0.4) is 0 Å². The molecule has 186 valence electrons. The highest BCUT2D eigenvalue weighted by Gasteiger charge is 2.32. The number of carboxylic acid groups (broad SMARTS) is 1. The van der Waals surface area contributed by atoms with Gasteiger partial charge in [0.05, 0.1) is 17.3 Å². The van der Waals surface area contributed by atoms with Crippen LogP contribution in [0.2, 0.25) is 5.02 Å². The molecule has 0 radical (unpaired) electrons. The Kier molecular flexibility index (Phi) is 8.47. The number of hydrogen-bond donors (Lipinski definition) is 1. The summed E-state index contributed by atoms with van der Waals surface area (Å²) in [5.41, 5.74) is 2.49. The molecule has 0 aliphatic rings. The van der Waals surface area contributed by atoms with Crippen LogP contribution in [0.5, 0.6) is 0 Å². The first-order valence-corrected chi connectivity index (χ1v) is 13.2. The first-order chi connectivity index (χ1) is 16.6. The minimum absolute atomic E-state index is 0.0945. The van der Waals surface area contributed by atoms with E-state index in [1.165, 1.54) is 6.20 Å². The molecule has 1 amide bonds. The number of aromatic nitrogens is 1. The maximum Gasteiger partial charge on any atom is 0.411 e. The number of anilines is 2. The molecule has 8 nitrogen and oxygen atoms in total. The van der Waals surface area contributed by atoms with Gasteiger partial charge in [0.1, 0.15) is 17.0 Å². The van der Waals surface area contributed by atoms with Gasteiger partial charge in [0.25, 0.3) is 10.0 Å². The quantitative estimate of drug-likeness (QED) is 0.272.